The summed E-state index contributed by atoms with van der Waals surface area (Å²) in [5.74, 6) is 0.0262. The number of rotatable bonds is 7. The lowest BCUT2D eigenvalue weighted by atomic mass is 10.0. The molecule has 162 valence electrons. The molecular weight excluding hydrogens is 378 g/mol. The van der Waals surface area contributed by atoms with Gasteiger partial charge in [0.05, 0.1) is 6.10 Å². The summed E-state index contributed by atoms with van der Waals surface area (Å²) in [7, 11) is 0. The molecule has 0 aliphatic carbocycles. The minimum Gasteiger partial charge on any atom is -0.391 e. The molecule has 2 aliphatic heterocycles. The third-order valence-corrected chi connectivity index (χ3v) is 6.21. The highest BCUT2D eigenvalue weighted by Gasteiger charge is 2.23. The van der Waals surface area contributed by atoms with E-state index in [0.29, 0.717) is 18.2 Å². The number of piperidine rings is 2. The van der Waals surface area contributed by atoms with Crippen LogP contribution in [0.4, 0.5) is 5.69 Å². The number of hydrogen-bond donors (Lipinski definition) is 2. The molecule has 7 nitrogen and oxygen atoms in total. The Hall–Kier alpha value is -2.38. The van der Waals surface area contributed by atoms with Gasteiger partial charge in [0.2, 0.25) is 0 Å². The molecule has 4 rings (SSSR count). The van der Waals surface area contributed by atoms with E-state index >= 15 is 0 Å². The molecular formula is C23H33N5O2. The van der Waals surface area contributed by atoms with Crippen LogP contribution in [-0.2, 0) is 6.54 Å². The first-order valence-electron chi connectivity index (χ1n) is 11.2. The van der Waals surface area contributed by atoms with E-state index in [4.69, 9.17) is 0 Å². The molecule has 1 atom stereocenters. The average molecular weight is 412 g/mol. The quantitative estimate of drug-likeness (QED) is 0.683. The lowest BCUT2D eigenvalue weighted by Crippen LogP contribution is -2.43. The van der Waals surface area contributed by atoms with E-state index in [1.165, 1.54) is 5.69 Å². The number of aliphatic hydroxyl groups excluding tert-OH is 1. The Morgan fingerprint density at radius 3 is 2.63 bits per heavy atom. The number of aryl methyl sites for hydroxylation is 1. The van der Waals surface area contributed by atoms with E-state index in [2.05, 4.69) is 27.4 Å². The number of anilines is 1. The zero-order valence-corrected chi connectivity index (χ0v) is 17.6. The number of hydrogen-bond acceptors (Lipinski definition) is 5. The van der Waals surface area contributed by atoms with Gasteiger partial charge in [0.1, 0.15) is 0 Å². The summed E-state index contributed by atoms with van der Waals surface area (Å²) in [6.45, 7) is 5.22. The summed E-state index contributed by atoms with van der Waals surface area (Å²) < 4.78 is 1.98. The summed E-state index contributed by atoms with van der Waals surface area (Å²) in [5.41, 5.74) is 1.89. The van der Waals surface area contributed by atoms with E-state index in [1.54, 1.807) is 4.90 Å². The van der Waals surface area contributed by atoms with Gasteiger partial charge in [-0.2, -0.15) is 5.10 Å². The highest BCUT2D eigenvalue weighted by molar-refractivity contribution is 5.94. The van der Waals surface area contributed by atoms with Crippen molar-refractivity contribution >= 4 is 11.6 Å². The molecule has 1 amide bonds. The van der Waals surface area contributed by atoms with Crippen LogP contribution >= 0.6 is 0 Å². The van der Waals surface area contributed by atoms with Crippen LogP contribution in [0.1, 0.15) is 42.5 Å². The van der Waals surface area contributed by atoms with Crippen molar-refractivity contribution in [2.75, 3.05) is 37.6 Å². The second-order valence-corrected chi connectivity index (χ2v) is 8.43. The van der Waals surface area contributed by atoms with Crippen LogP contribution in [0.15, 0.2) is 42.7 Å². The number of nitrogens with zero attached hydrogens (tertiary/aromatic N) is 4. The Balaban J connectivity index is 1.20. The highest BCUT2D eigenvalue weighted by Crippen LogP contribution is 2.22. The van der Waals surface area contributed by atoms with Crippen molar-refractivity contribution in [2.24, 2.45) is 0 Å². The Labute approximate surface area is 178 Å². The van der Waals surface area contributed by atoms with Crippen LogP contribution in [0.2, 0.25) is 0 Å². The van der Waals surface area contributed by atoms with Crippen molar-refractivity contribution in [1.29, 1.82) is 0 Å². The van der Waals surface area contributed by atoms with Crippen molar-refractivity contribution < 1.29 is 9.90 Å². The zero-order chi connectivity index (χ0) is 20.8. The van der Waals surface area contributed by atoms with Crippen molar-refractivity contribution in [2.45, 2.75) is 50.8 Å². The molecule has 0 saturated carbocycles. The maximum atomic E-state index is 12.7. The largest absolute Gasteiger partial charge is 0.391 e. The summed E-state index contributed by atoms with van der Waals surface area (Å²) >= 11 is 0. The molecule has 2 aliphatic rings. The number of aromatic nitrogens is 2. The van der Waals surface area contributed by atoms with E-state index in [1.807, 2.05) is 35.3 Å². The van der Waals surface area contributed by atoms with Crippen LogP contribution in [0.5, 0.6) is 0 Å². The van der Waals surface area contributed by atoms with Gasteiger partial charge in [-0.15, -0.1) is 0 Å². The average Bonchev–Trinajstić information content (AvgIpc) is 3.30. The molecule has 0 spiro atoms. The van der Waals surface area contributed by atoms with Gasteiger partial charge in [0.25, 0.3) is 5.91 Å². The predicted molar refractivity (Wildman–Crippen MR) is 118 cm³/mol. The number of likely N-dealkylation sites (tertiary alicyclic amines) is 1. The van der Waals surface area contributed by atoms with E-state index in [-0.39, 0.29) is 12.0 Å². The molecule has 0 bridgehead atoms. The Morgan fingerprint density at radius 2 is 1.93 bits per heavy atom. The summed E-state index contributed by atoms with van der Waals surface area (Å²) in [5, 5.41) is 17.7. The number of nitrogens with one attached hydrogen (secondary N) is 1. The van der Waals surface area contributed by atoms with Crippen molar-refractivity contribution in [3.05, 3.63) is 48.3 Å². The van der Waals surface area contributed by atoms with Gasteiger partial charge >= 0.3 is 0 Å². The number of carbonyl (C=O) groups excluding carboxylic acids is 1. The Morgan fingerprint density at radius 1 is 1.13 bits per heavy atom. The summed E-state index contributed by atoms with van der Waals surface area (Å²) in [4.78, 5) is 16.8. The van der Waals surface area contributed by atoms with Gasteiger partial charge in [-0.25, -0.2) is 0 Å². The van der Waals surface area contributed by atoms with Gasteiger partial charge < -0.3 is 20.2 Å². The van der Waals surface area contributed by atoms with Crippen LogP contribution in [0.25, 0.3) is 0 Å². The fourth-order valence-corrected chi connectivity index (χ4v) is 4.46. The van der Waals surface area contributed by atoms with Crippen LogP contribution in [-0.4, -0.2) is 70.6 Å². The third-order valence-electron chi connectivity index (χ3n) is 6.21. The maximum absolute atomic E-state index is 12.7. The molecule has 2 aromatic rings. The number of benzene rings is 1. The lowest BCUT2D eigenvalue weighted by Gasteiger charge is -2.34. The first kappa shape index (κ1) is 20.9. The second kappa shape index (κ2) is 10.1. The lowest BCUT2D eigenvalue weighted by molar-refractivity contribution is 0.0474. The molecule has 30 heavy (non-hydrogen) atoms. The molecule has 1 unspecified atom stereocenters. The first-order chi connectivity index (χ1) is 14.7. The minimum absolute atomic E-state index is 0.0262. The van der Waals surface area contributed by atoms with Crippen LogP contribution in [0.3, 0.4) is 0 Å². The first-order valence-corrected chi connectivity index (χ1v) is 11.2. The topological polar surface area (TPSA) is 73.6 Å². The fraction of sp³-hybridized carbons (Fsp3) is 0.565. The zero-order valence-electron chi connectivity index (χ0n) is 17.6. The molecule has 3 heterocycles. The Kier molecular flexibility index (Phi) is 7.02. The SMILES string of the molecule is O=C(c1ccc(N2CCC(NCCCn3cccn3)CC2)cc1)N1CCCC(O)C1. The van der Waals surface area contributed by atoms with E-state index < -0.39 is 0 Å². The van der Waals surface area contributed by atoms with E-state index in [0.717, 1.165) is 64.8 Å². The normalized spacial score (nSPS) is 20.5. The number of aliphatic hydroxyl groups is 1. The molecule has 1 aromatic carbocycles. The van der Waals surface area contributed by atoms with Crippen LogP contribution < -0.4 is 10.2 Å². The highest BCUT2D eigenvalue weighted by atomic mass is 16.3. The standard InChI is InChI=1S/C23H33N5O2/c29-22-4-1-13-27(18-22)23(30)19-5-7-21(8-6-19)26-16-9-20(10-17-26)24-11-2-14-28-15-3-12-25-28/h3,5-8,12,15,20,22,24,29H,1-2,4,9-11,13-14,16-18H2. The molecule has 1 aromatic heterocycles. The summed E-state index contributed by atoms with van der Waals surface area (Å²) in [6, 6.07) is 10.5. The maximum Gasteiger partial charge on any atom is 0.253 e. The number of β-amino-alcohol motifs (C(OH)–C–C–N with tert-alkyl or cyclic N) is 1. The van der Waals surface area contributed by atoms with Gasteiger partial charge in [-0.05, 0) is 69.0 Å². The molecule has 2 fully saturated rings. The van der Waals surface area contributed by atoms with Crippen LogP contribution in [0, 0.1) is 0 Å². The molecule has 7 heteroatoms. The van der Waals surface area contributed by atoms with Gasteiger partial charge in [-0.3, -0.25) is 9.48 Å². The number of amides is 1. The second-order valence-electron chi connectivity index (χ2n) is 8.43. The van der Waals surface area contributed by atoms with E-state index in [9.17, 15) is 9.90 Å². The van der Waals surface area contributed by atoms with Gasteiger partial charge in [-0.1, -0.05) is 0 Å². The smallest absolute Gasteiger partial charge is 0.253 e. The minimum atomic E-state index is -0.387. The van der Waals surface area contributed by atoms with Crippen molar-refractivity contribution in [3.63, 3.8) is 0 Å². The Bertz CT molecular complexity index is 784. The van der Waals surface area contributed by atoms with Crippen molar-refractivity contribution in [1.82, 2.24) is 20.0 Å². The monoisotopic (exact) mass is 411 g/mol. The number of carbonyl (C=O) groups is 1. The van der Waals surface area contributed by atoms with Crippen molar-refractivity contribution in [3.8, 4) is 0 Å². The summed E-state index contributed by atoms with van der Waals surface area (Å²) in [6.07, 6.45) is 8.46. The fourth-order valence-electron chi connectivity index (χ4n) is 4.46. The molecule has 2 N–H and O–H groups in total. The predicted octanol–water partition coefficient (Wildman–Crippen LogP) is 2.13. The molecule has 0 radical (unpaired) electrons. The molecule has 2 saturated heterocycles. The van der Waals surface area contributed by atoms with Gasteiger partial charge in [0.15, 0.2) is 0 Å². The third kappa shape index (κ3) is 5.40. The van der Waals surface area contributed by atoms with Gasteiger partial charge in [0, 0.05) is 62.4 Å².